The second-order valence-corrected chi connectivity index (χ2v) is 5.79. The van der Waals surface area contributed by atoms with Gasteiger partial charge >= 0.3 is 0 Å². The number of guanidine groups is 2. The summed E-state index contributed by atoms with van der Waals surface area (Å²) in [7, 11) is 0. The molecule has 25 heavy (non-hydrogen) atoms. The minimum Gasteiger partial charge on any atom is -0.370 e. The summed E-state index contributed by atoms with van der Waals surface area (Å²) < 4.78 is 0. The van der Waals surface area contributed by atoms with Crippen LogP contribution in [0.1, 0.15) is 0 Å². The first kappa shape index (κ1) is 16.4. The number of pyridine rings is 1. The molecule has 0 amide bonds. The Kier molecular flexibility index (Phi) is 4.86. The van der Waals surface area contributed by atoms with Crippen LogP contribution in [0.3, 0.4) is 0 Å². The molecule has 8 nitrogen and oxygen atoms in total. The number of aromatic nitrogens is 2. The monoisotopic (exact) mass is 352 g/mol. The highest BCUT2D eigenvalue weighted by Crippen LogP contribution is 2.26. The molecule has 7 N–H and O–H groups in total. The molecular formula is C16H16N8S. The molecule has 0 fully saturated rings. The van der Waals surface area contributed by atoms with E-state index < -0.39 is 0 Å². The largest absolute Gasteiger partial charge is 0.370 e. The Balaban J connectivity index is 1.70. The van der Waals surface area contributed by atoms with E-state index in [1.54, 1.807) is 18.3 Å². The fourth-order valence-corrected chi connectivity index (χ4v) is 2.72. The highest BCUT2D eigenvalue weighted by molar-refractivity contribution is 7.14. The first-order chi connectivity index (χ1) is 12.1. The van der Waals surface area contributed by atoms with Gasteiger partial charge in [-0.3, -0.25) is 4.98 Å². The molecule has 0 bridgehead atoms. The van der Waals surface area contributed by atoms with E-state index in [-0.39, 0.29) is 11.9 Å². The molecule has 2 heterocycles. The van der Waals surface area contributed by atoms with Gasteiger partial charge in [0, 0.05) is 17.3 Å². The summed E-state index contributed by atoms with van der Waals surface area (Å²) in [5.74, 6) is -0.132. The maximum absolute atomic E-state index is 5.60. The van der Waals surface area contributed by atoms with Crippen LogP contribution in [0.15, 0.2) is 64.0 Å². The summed E-state index contributed by atoms with van der Waals surface area (Å²) in [6, 6.07) is 13.1. The Hall–Kier alpha value is -3.46. The van der Waals surface area contributed by atoms with Crippen molar-refractivity contribution in [1.29, 1.82) is 0 Å². The van der Waals surface area contributed by atoms with E-state index in [1.807, 2.05) is 35.7 Å². The summed E-state index contributed by atoms with van der Waals surface area (Å²) in [6.07, 6.45) is 1.75. The topological polar surface area (TPSA) is 141 Å². The van der Waals surface area contributed by atoms with Gasteiger partial charge in [0.1, 0.15) is 5.69 Å². The first-order valence-corrected chi connectivity index (χ1v) is 8.16. The number of benzene rings is 1. The Labute approximate surface area is 148 Å². The SMILES string of the molecule is NC(N)=NC(N)=Nc1ccc(Nc2nc(-c3ccccn3)cs2)cc1. The van der Waals surface area contributed by atoms with Crippen LogP contribution in [0.25, 0.3) is 11.4 Å². The van der Waals surface area contributed by atoms with Gasteiger partial charge < -0.3 is 22.5 Å². The Morgan fingerprint density at radius 3 is 2.48 bits per heavy atom. The van der Waals surface area contributed by atoms with E-state index in [1.165, 1.54) is 11.3 Å². The van der Waals surface area contributed by atoms with Gasteiger partial charge in [-0.05, 0) is 36.4 Å². The van der Waals surface area contributed by atoms with E-state index in [9.17, 15) is 0 Å². The van der Waals surface area contributed by atoms with Gasteiger partial charge in [0.15, 0.2) is 11.1 Å². The van der Waals surface area contributed by atoms with Gasteiger partial charge in [0.2, 0.25) is 5.96 Å². The van der Waals surface area contributed by atoms with Crippen molar-refractivity contribution in [3.05, 3.63) is 54.0 Å². The van der Waals surface area contributed by atoms with Crippen molar-refractivity contribution in [1.82, 2.24) is 9.97 Å². The molecule has 0 aliphatic carbocycles. The molecule has 0 spiro atoms. The normalized spacial score (nSPS) is 11.1. The summed E-state index contributed by atoms with van der Waals surface area (Å²) in [5.41, 5.74) is 19.3. The number of hydrogen-bond donors (Lipinski definition) is 4. The molecule has 0 atom stereocenters. The Morgan fingerprint density at radius 2 is 1.80 bits per heavy atom. The third-order valence-electron chi connectivity index (χ3n) is 3.04. The third kappa shape index (κ3) is 4.52. The smallest absolute Gasteiger partial charge is 0.223 e. The number of anilines is 2. The highest BCUT2D eigenvalue weighted by Gasteiger charge is 2.05. The van der Waals surface area contributed by atoms with Crippen LogP contribution in [-0.2, 0) is 0 Å². The molecule has 0 saturated heterocycles. The van der Waals surface area contributed by atoms with Gasteiger partial charge in [-0.2, -0.15) is 4.99 Å². The molecule has 0 saturated carbocycles. The number of thiazole rings is 1. The van der Waals surface area contributed by atoms with Crippen LogP contribution >= 0.6 is 11.3 Å². The first-order valence-electron chi connectivity index (χ1n) is 7.28. The number of nitrogens with two attached hydrogens (primary N) is 3. The Bertz CT molecular complexity index is 895. The summed E-state index contributed by atoms with van der Waals surface area (Å²) in [5, 5.41) is 5.97. The van der Waals surface area contributed by atoms with Crippen LogP contribution in [0, 0.1) is 0 Å². The van der Waals surface area contributed by atoms with Crippen LogP contribution < -0.4 is 22.5 Å². The second kappa shape index (κ2) is 7.41. The lowest BCUT2D eigenvalue weighted by molar-refractivity contribution is 1.28. The highest BCUT2D eigenvalue weighted by atomic mass is 32.1. The van der Waals surface area contributed by atoms with Crippen molar-refractivity contribution in [2.45, 2.75) is 0 Å². The van der Waals surface area contributed by atoms with Gasteiger partial charge in [0.05, 0.1) is 11.4 Å². The number of aliphatic imine (C=N–C) groups is 2. The Morgan fingerprint density at radius 1 is 1.00 bits per heavy atom. The fraction of sp³-hybridized carbons (Fsp3) is 0. The fourth-order valence-electron chi connectivity index (χ4n) is 2.00. The lowest BCUT2D eigenvalue weighted by Crippen LogP contribution is -2.26. The zero-order chi connectivity index (χ0) is 17.6. The number of nitrogens with zero attached hydrogens (tertiary/aromatic N) is 4. The molecule has 2 aromatic heterocycles. The summed E-state index contributed by atoms with van der Waals surface area (Å²) in [6.45, 7) is 0. The predicted molar refractivity (Wildman–Crippen MR) is 102 cm³/mol. The molecule has 3 aromatic rings. The predicted octanol–water partition coefficient (Wildman–Crippen LogP) is 2.17. The molecule has 9 heteroatoms. The summed E-state index contributed by atoms with van der Waals surface area (Å²) >= 11 is 1.51. The van der Waals surface area contributed by atoms with Crippen molar-refractivity contribution in [3.8, 4) is 11.4 Å². The molecule has 1 aromatic carbocycles. The quantitative estimate of drug-likeness (QED) is 0.419. The maximum atomic E-state index is 5.60. The minimum atomic E-state index is -0.132. The molecule has 0 unspecified atom stereocenters. The molecule has 0 aliphatic rings. The molecule has 126 valence electrons. The van der Waals surface area contributed by atoms with E-state index >= 15 is 0 Å². The van der Waals surface area contributed by atoms with Gasteiger partial charge in [-0.15, -0.1) is 11.3 Å². The van der Waals surface area contributed by atoms with E-state index in [0.717, 1.165) is 22.2 Å². The van der Waals surface area contributed by atoms with Crippen molar-refractivity contribution in [2.24, 2.45) is 27.2 Å². The third-order valence-corrected chi connectivity index (χ3v) is 3.80. The molecular weight excluding hydrogens is 336 g/mol. The number of nitrogens with one attached hydrogen (secondary N) is 1. The number of hydrogen-bond acceptors (Lipinski definition) is 5. The van der Waals surface area contributed by atoms with Crippen molar-refractivity contribution >= 4 is 39.8 Å². The van der Waals surface area contributed by atoms with Gasteiger partial charge in [0.25, 0.3) is 0 Å². The molecule has 3 rings (SSSR count). The van der Waals surface area contributed by atoms with Crippen molar-refractivity contribution < 1.29 is 0 Å². The van der Waals surface area contributed by atoms with E-state index in [0.29, 0.717) is 5.69 Å². The van der Waals surface area contributed by atoms with Crippen molar-refractivity contribution in [2.75, 3.05) is 5.32 Å². The lowest BCUT2D eigenvalue weighted by Gasteiger charge is -2.03. The van der Waals surface area contributed by atoms with Crippen LogP contribution in [0.5, 0.6) is 0 Å². The standard InChI is InChI=1S/C16H16N8S/c17-14(18)24-15(19)21-10-4-6-11(7-5-10)22-16-23-13(9-25-16)12-3-1-2-8-20-12/h1-9H,(H,22,23)(H6,17,18,19,21,24). The average molecular weight is 352 g/mol. The average Bonchev–Trinajstić information content (AvgIpc) is 3.05. The number of rotatable bonds is 4. The van der Waals surface area contributed by atoms with Crippen molar-refractivity contribution in [3.63, 3.8) is 0 Å². The van der Waals surface area contributed by atoms with E-state index in [4.69, 9.17) is 17.2 Å². The second-order valence-electron chi connectivity index (χ2n) is 4.93. The zero-order valence-corrected chi connectivity index (χ0v) is 13.9. The molecule has 0 radical (unpaired) electrons. The van der Waals surface area contributed by atoms with Gasteiger partial charge in [-0.1, -0.05) is 6.07 Å². The minimum absolute atomic E-state index is 0.000588. The van der Waals surface area contributed by atoms with E-state index in [2.05, 4.69) is 25.3 Å². The lowest BCUT2D eigenvalue weighted by atomic mass is 10.3. The molecule has 0 aliphatic heterocycles. The van der Waals surface area contributed by atoms with Crippen LogP contribution in [-0.4, -0.2) is 21.9 Å². The van der Waals surface area contributed by atoms with Crippen LogP contribution in [0.4, 0.5) is 16.5 Å². The van der Waals surface area contributed by atoms with Crippen LogP contribution in [0.2, 0.25) is 0 Å². The van der Waals surface area contributed by atoms with Gasteiger partial charge in [-0.25, -0.2) is 9.98 Å². The maximum Gasteiger partial charge on any atom is 0.223 e. The summed E-state index contributed by atoms with van der Waals surface area (Å²) in [4.78, 5) is 16.6. The zero-order valence-electron chi connectivity index (χ0n) is 13.1.